The standard InChI is InChI=1S/C12H15F2N3/c13-10-2-3-11(14)9(8-10)4-7-17-12-15-5-1-6-16-12/h2-3,8H,1,4-7H2,(H2,15,16,17). The number of hydrogen-bond acceptors (Lipinski definition) is 3. The SMILES string of the molecule is Fc1ccc(F)c(CCNC2=NCCCN2)c1. The summed E-state index contributed by atoms with van der Waals surface area (Å²) >= 11 is 0. The third-order valence-corrected chi connectivity index (χ3v) is 2.59. The molecule has 5 heteroatoms. The van der Waals surface area contributed by atoms with Gasteiger partial charge in [0.05, 0.1) is 0 Å². The third-order valence-electron chi connectivity index (χ3n) is 2.59. The number of aliphatic imine (C=N–C) groups is 1. The average Bonchev–Trinajstić information content (AvgIpc) is 2.35. The van der Waals surface area contributed by atoms with Crippen LogP contribution in [0.4, 0.5) is 8.78 Å². The van der Waals surface area contributed by atoms with Crippen LogP contribution in [0.15, 0.2) is 23.2 Å². The lowest BCUT2D eigenvalue weighted by molar-refractivity contribution is 0.582. The van der Waals surface area contributed by atoms with Crippen LogP contribution in [0.5, 0.6) is 0 Å². The second kappa shape index (κ2) is 5.61. The Labute approximate surface area is 98.9 Å². The summed E-state index contributed by atoms with van der Waals surface area (Å²) in [4.78, 5) is 4.23. The molecule has 0 spiro atoms. The molecule has 0 aromatic heterocycles. The van der Waals surface area contributed by atoms with Gasteiger partial charge in [0, 0.05) is 19.6 Å². The average molecular weight is 239 g/mol. The molecule has 2 N–H and O–H groups in total. The van der Waals surface area contributed by atoms with Crippen molar-refractivity contribution in [3.8, 4) is 0 Å². The number of halogens is 2. The Morgan fingerprint density at radius 3 is 3.00 bits per heavy atom. The second-order valence-corrected chi connectivity index (χ2v) is 3.92. The fourth-order valence-corrected chi connectivity index (χ4v) is 1.70. The molecule has 0 saturated carbocycles. The lowest BCUT2D eigenvalue weighted by Crippen LogP contribution is -2.41. The predicted octanol–water partition coefficient (Wildman–Crippen LogP) is 1.45. The maximum atomic E-state index is 13.3. The highest BCUT2D eigenvalue weighted by atomic mass is 19.1. The van der Waals surface area contributed by atoms with Gasteiger partial charge in [-0.15, -0.1) is 0 Å². The molecular formula is C12H15F2N3. The Morgan fingerprint density at radius 2 is 2.24 bits per heavy atom. The van der Waals surface area contributed by atoms with E-state index in [9.17, 15) is 8.78 Å². The maximum Gasteiger partial charge on any atom is 0.191 e. The van der Waals surface area contributed by atoms with Crippen LogP contribution in [-0.4, -0.2) is 25.6 Å². The molecule has 92 valence electrons. The summed E-state index contributed by atoms with van der Waals surface area (Å²) in [6.07, 6.45) is 1.47. The molecule has 0 amide bonds. The minimum atomic E-state index is -0.408. The van der Waals surface area contributed by atoms with Crippen LogP contribution in [0.2, 0.25) is 0 Å². The first-order chi connectivity index (χ1) is 8.25. The molecule has 1 aliphatic heterocycles. The van der Waals surface area contributed by atoms with Gasteiger partial charge in [0.2, 0.25) is 0 Å². The van der Waals surface area contributed by atoms with Gasteiger partial charge in [-0.05, 0) is 36.6 Å². The summed E-state index contributed by atoms with van der Waals surface area (Å²) in [5, 5.41) is 6.17. The number of benzene rings is 1. The van der Waals surface area contributed by atoms with Crippen LogP contribution in [0.1, 0.15) is 12.0 Å². The Balaban J connectivity index is 1.85. The summed E-state index contributed by atoms with van der Waals surface area (Å²) in [5.41, 5.74) is 0.383. The van der Waals surface area contributed by atoms with E-state index in [1.807, 2.05) is 0 Å². The van der Waals surface area contributed by atoms with Crippen molar-refractivity contribution in [2.75, 3.05) is 19.6 Å². The molecule has 1 aliphatic rings. The normalized spacial score (nSPS) is 15.1. The molecule has 3 nitrogen and oxygen atoms in total. The highest BCUT2D eigenvalue weighted by Crippen LogP contribution is 2.09. The lowest BCUT2D eigenvalue weighted by atomic mass is 10.1. The van der Waals surface area contributed by atoms with E-state index in [2.05, 4.69) is 15.6 Å². The van der Waals surface area contributed by atoms with Crippen molar-refractivity contribution in [3.05, 3.63) is 35.4 Å². The Morgan fingerprint density at radius 1 is 1.35 bits per heavy atom. The van der Waals surface area contributed by atoms with Gasteiger partial charge in [0.25, 0.3) is 0 Å². The molecule has 0 fully saturated rings. The van der Waals surface area contributed by atoms with Gasteiger partial charge in [-0.1, -0.05) is 0 Å². The number of hydrogen-bond donors (Lipinski definition) is 2. The molecule has 0 unspecified atom stereocenters. The van der Waals surface area contributed by atoms with E-state index in [0.29, 0.717) is 18.5 Å². The summed E-state index contributed by atoms with van der Waals surface area (Å²) in [5.74, 6) is -0.0330. The first-order valence-corrected chi connectivity index (χ1v) is 5.72. The van der Waals surface area contributed by atoms with Crippen LogP contribution < -0.4 is 10.6 Å². The Bertz CT molecular complexity index is 418. The quantitative estimate of drug-likeness (QED) is 0.837. The zero-order valence-electron chi connectivity index (χ0n) is 9.47. The van der Waals surface area contributed by atoms with Gasteiger partial charge in [0.15, 0.2) is 5.96 Å². The smallest absolute Gasteiger partial charge is 0.191 e. The first-order valence-electron chi connectivity index (χ1n) is 5.72. The summed E-state index contributed by atoms with van der Waals surface area (Å²) < 4.78 is 26.2. The molecule has 0 saturated heterocycles. The molecule has 1 heterocycles. The van der Waals surface area contributed by atoms with Gasteiger partial charge < -0.3 is 10.6 Å². The van der Waals surface area contributed by atoms with Crippen molar-refractivity contribution in [2.45, 2.75) is 12.8 Å². The second-order valence-electron chi connectivity index (χ2n) is 3.92. The minimum absolute atomic E-state index is 0.369. The fraction of sp³-hybridized carbons (Fsp3) is 0.417. The minimum Gasteiger partial charge on any atom is -0.356 e. The van der Waals surface area contributed by atoms with Gasteiger partial charge in [0.1, 0.15) is 11.6 Å². The van der Waals surface area contributed by atoms with Crippen molar-refractivity contribution in [1.29, 1.82) is 0 Å². The van der Waals surface area contributed by atoms with Gasteiger partial charge in [-0.3, -0.25) is 4.99 Å². The van der Waals surface area contributed by atoms with Crippen LogP contribution in [0.3, 0.4) is 0 Å². The third kappa shape index (κ3) is 3.41. The molecule has 0 atom stereocenters. The maximum absolute atomic E-state index is 13.3. The Kier molecular flexibility index (Phi) is 3.90. The molecule has 2 rings (SSSR count). The zero-order chi connectivity index (χ0) is 12.1. The summed E-state index contributed by atoms with van der Waals surface area (Å²) in [7, 11) is 0. The van der Waals surface area contributed by atoms with Crippen LogP contribution in [0, 0.1) is 11.6 Å². The highest BCUT2D eigenvalue weighted by molar-refractivity contribution is 5.80. The van der Waals surface area contributed by atoms with Crippen LogP contribution >= 0.6 is 0 Å². The lowest BCUT2D eigenvalue weighted by Gasteiger charge is -2.15. The Hall–Kier alpha value is -1.65. The summed E-state index contributed by atoms with van der Waals surface area (Å²) in [6, 6.07) is 3.51. The molecule has 0 aliphatic carbocycles. The molecule has 0 radical (unpaired) electrons. The molecule has 1 aromatic carbocycles. The van der Waals surface area contributed by atoms with E-state index < -0.39 is 5.82 Å². The van der Waals surface area contributed by atoms with E-state index in [1.165, 1.54) is 6.07 Å². The summed E-state index contributed by atoms with van der Waals surface area (Å²) in [6.45, 7) is 2.25. The first kappa shape index (κ1) is 11.8. The number of nitrogens with zero attached hydrogens (tertiary/aromatic N) is 1. The van der Waals surface area contributed by atoms with Crippen molar-refractivity contribution in [2.24, 2.45) is 4.99 Å². The van der Waals surface area contributed by atoms with Crippen molar-refractivity contribution in [3.63, 3.8) is 0 Å². The van der Waals surface area contributed by atoms with Gasteiger partial charge >= 0.3 is 0 Å². The highest BCUT2D eigenvalue weighted by Gasteiger charge is 2.05. The van der Waals surface area contributed by atoms with Crippen molar-refractivity contribution >= 4 is 5.96 Å². The fourth-order valence-electron chi connectivity index (χ4n) is 1.70. The monoisotopic (exact) mass is 239 g/mol. The number of rotatable bonds is 3. The number of guanidine groups is 1. The van der Waals surface area contributed by atoms with E-state index in [0.717, 1.165) is 37.6 Å². The molecule has 1 aromatic rings. The van der Waals surface area contributed by atoms with Crippen molar-refractivity contribution in [1.82, 2.24) is 10.6 Å². The topological polar surface area (TPSA) is 36.4 Å². The van der Waals surface area contributed by atoms with Gasteiger partial charge in [-0.2, -0.15) is 0 Å². The molecule has 17 heavy (non-hydrogen) atoms. The predicted molar refractivity (Wildman–Crippen MR) is 63.0 cm³/mol. The van der Waals surface area contributed by atoms with E-state index in [-0.39, 0.29) is 5.82 Å². The zero-order valence-corrected chi connectivity index (χ0v) is 9.47. The van der Waals surface area contributed by atoms with Crippen molar-refractivity contribution < 1.29 is 8.78 Å². The van der Waals surface area contributed by atoms with Crippen LogP contribution in [-0.2, 0) is 6.42 Å². The van der Waals surface area contributed by atoms with Crippen LogP contribution in [0.25, 0.3) is 0 Å². The van der Waals surface area contributed by atoms with Gasteiger partial charge in [-0.25, -0.2) is 8.78 Å². The van der Waals surface area contributed by atoms with E-state index >= 15 is 0 Å². The molecular weight excluding hydrogens is 224 g/mol. The van der Waals surface area contributed by atoms with E-state index in [4.69, 9.17) is 0 Å². The molecule has 0 bridgehead atoms. The largest absolute Gasteiger partial charge is 0.356 e. The van der Waals surface area contributed by atoms with E-state index in [1.54, 1.807) is 0 Å². The number of nitrogens with one attached hydrogen (secondary N) is 2.